The molecule has 1 amide bonds. The molecule has 6 nitrogen and oxygen atoms in total. The standard InChI is InChI=1S/C16H22N2O4/c1-3-16(4-2,15(20)21)14(19)18-12-6-5-11-10-17-7-8-22-13(11)9-12/h5-6,9,17H,3-4,7-8,10H2,1-2H3,(H,18,19)(H,20,21). The molecule has 6 heteroatoms. The Morgan fingerprint density at radius 2 is 2.09 bits per heavy atom. The van der Waals surface area contributed by atoms with Crippen LogP contribution in [0.1, 0.15) is 32.3 Å². The van der Waals surface area contributed by atoms with Gasteiger partial charge in [0.2, 0.25) is 5.91 Å². The van der Waals surface area contributed by atoms with Crippen molar-refractivity contribution in [2.24, 2.45) is 5.41 Å². The fourth-order valence-electron chi connectivity index (χ4n) is 2.59. The second-order valence-corrected chi connectivity index (χ2v) is 5.40. The van der Waals surface area contributed by atoms with Crippen molar-refractivity contribution in [2.75, 3.05) is 18.5 Å². The van der Waals surface area contributed by atoms with Gasteiger partial charge in [-0.25, -0.2) is 0 Å². The molecular weight excluding hydrogens is 284 g/mol. The average Bonchev–Trinajstić information content (AvgIpc) is 2.73. The summed E-state index contributed by atoms with van der Waals surface area (Å²) in [4.78, 5) is 23.9. The normalized spacial score (nSPS) is 14.5. The summed E-state index contributed by atoms with van der Waals surface area (Å²) in [6.07, 6.45) is 0.492. The van der Waals surface area contributed by atoms with Crippen LogP contribution in [0.4, 0.5) is 5.69 Å². The number of ether oxygens (including phenoxy) is 1. The Balaban J connectivity index is 2.21. The van der Waals surface area contributed by atoms with Gasteiger partial charge in [-0.3, -0.25) is 9.59 Å². The van der Waals surface area contributed by atoms with Gasteiger partial charge >= 0.3 is 5.97 Å². The van der Waals surface area contributed by atoms with E-state index in [0.717, 1.165) is 17.9 Å². The van der Waals surface area contributed by atoms with E-state index >= 15 is 0 Å². The van der Waals surface area contributed by atoms with Crippen LogP contribution < -0.4 is 15.4 Å². The number of hydrogen-bond acceptors (Lipinski definition) is 4. The Labute approximate surface area is 129 Å². The minimum absolute atomic E-state index is 0.246. The number of carboxylic acid groups (broad SMARTS) is 1. The first kappa shape index (κ1) is 16.3. The Morgan fingerprint density at radius 1 is 1.36 bits per heavy atom. The number of rotatable bonds is 5. The third-order valence-electron chi connectivity index (χ3n) is 4.23. The van der Waals surface area contributed by atoms with Gasteiger partial charge in [0.1, 0.15) is 17.8 Å². The van der Waals surface area contributed by atoms with Crippen molar-refractivity contribution in [2.45, 2.75) is 33.2 Å². The number of carboxylic acids is 1. The van der Waals surface area contributed by atoms with Crippen LogP contribution in [0.15, 0.2) is 18.2 Å². The zero-order chi connectivity index (χ0) is 16.2. The van der Waals surface area contributed by atoms with Crippen LogP contribution >= 0.6 is 0 Å². The number of fused-ring (bicyclic) bond motifs is 1. The van der Waals surface area contributed by atoms with Crippen LogP contribution in [0, 0.1) is 5.41 Å². The van der Waals surface area contributed by atoms with Gasteiger partial charge in [-0.2, -0.15) is 0 Å². The first-order valence-corrected chi connectivity index (χ1v) is 7.54. The lowest BCUT2D eigenvalue weighted by Gasteiger charge is -2.25. The molecule has 0 radical (unpaired) electrons. The van der Waals surface area contributed by atoms with Crippen molar-refractivity contribution in [3.05, 3.63) is 23.8 Å². The second kappa shape index (κ2) is 6.79. The van der Waals surface area contributed by atoms with Crippen molar-refractivity contribution in [3.8, 4) is 5.75 Å². The fourth-order valence-corrected chi connectivity index (χ4v) is 2.59. The lowest BCUT2D eigenvalue weighted by molar-refractivity contribution is -0.154. The average molecular weight is 306 g/mol. The predicted octanol–water partition coefficient (Wildman–Crippen LogP) is 2.00. The van der Waals surface area contributed by atoms with E-state index in [4.69, 9.17) is 4.74 Å². The van der Waals surface area contributed by atoms with Gasteiger partial charge in [0.25, 0.3) is 0 Å². The third-order valence-corrected chi connectivity index (χ3v) is 4.23. The smallest absolute Gasteiger partial charge is 0.319 e. The van der Waals surface area contributed by atoms with Crippen LogP contribution in [0.5, 0.6) is 5.75 Å². The summed E-state index contributed by atoms with van der Waals surface area (Å²) in [7, 11) is 0. The molecule has 1 aliphatic rings. The largest absolute Gasteiger partial charge is 0.492 e. The number of nitrogens with one attached hydrogen (secondary N) is 2. The monoisotopic (exact) mass is 306 g/mol. The summed E-state index contributed by atoms with van der Waals surface area (Å²) >= 11 is 0. The molecule has 2 rings (SSSR count). The molecule has 0 unspecified atom stereocenters. The lowest BCUT2D eigenvalue weighted by Crippen LogP contribution is -2.42. The predicted molar refractivity (Wildman–Crippen MR) is 82.9 cm³/mol. The maximum atomic E-state index is 12.4. The number of amides is 1. The van der Waals surface area contributed by atoms with Gasteiger partial charge in [-0.15, -0.1) is 0 Å². The summed E-state index contributed by atoms with van der Waals surface area (Å²) in [5, 5.41) is 15.4. The van der Waals surface area contributed by atoms with Gasteiger partial charge in [0, 0.05) is 30.4 Å². The molecule has 1 heterocycles. The van der Waals surface area contributed by atoms with Crippen LogP contribution in [-0.2, 0) is 16.1 Å². The van der Waals surface area contributed by atoms with Gasteiger partial charge in [0.15, 0.2) is 0 Å². The Morgan fingerprint density at radius 3 is 2.73 bits per heavy atom. The van der Waals surface area contributed by atoms with Crippen LogP contribution in [0.2, 0.25) is 0 Å². The molecule has 1 aliphatic heterocycles. The van der Waals surface area contributed by atoms with E-state index in [9.17, 15) is 14.7 Å². The first-order chi connectivity index (χ1) is 10.5. The highest BCUT2D eigenvalue weighted by Crippen LogP contribution is 2.30. The molecule has 0 saturated carbocycles. The molecule has 1 aromatic carbocycles. The van der Waals surface area contributed by atoms with E-state index in [0.29, 0.717) is 18.8 Å². The minimum Gasteiger partial charge on any atom is -0.492 e. The Kier molecular flexibility index (Phi) is 5.03. The van der Waals surface area contributed by atoms with Crippen molar-refractivity contribution in [3.63, 3.8) is 0 Å². The number of benzene rings is 1. The van der Waals surface area contributed by atoms with E-state index in [1.165, 1.54) is 0 Å². The molecule has 0 aliphatic carbocycles. The molecular formula is C16H22N2O4. The third kappa shape index (κ3) is 3.06. The second-order valence-electron chi connectivity index (χ2n) is 5.40. The first-order valence-electron chi connectivity index (χ1n) is 7.54. The molecule has 1 aromatic rings. The summed E-state index contributed by atoms with van der Waals surface area (Å²) in [5.74, 6) is -0.862. The zero-order valence-electron chi connectivity index (χ0n) is 12.9. The zero-order valence-corrected chi connectivity index (χ0v) is 12.9. The van der Waals surface area contributed by atoms with Crippen LogP contribution in [-0.4, -0.2) is 30.1 Å². The molecule has 22 heavy (non-hydrogen) atoms. The molecule has 3 N–H and O–H groups in total. The molecule has 120 valence electrons. The lowest BCUT2D eigenvalue weighted by atomic mass is 9.81. The Bertz CT molecular complexity index is 567. The highest BCUT2D eigenvalue weighted by atomic mass is 16.5. The van der Waals surface area contributed by atoms with Crippen molar-refractivity contribution >= 4 is 17.6 Å². The summed E-state index contributed by atoms with van der Waals surface area (Å²) in [6.45, 7) is 5.47. The Hall–Kier alpha value is -2.08. The molecule has 0 atom stereocenters. The topological polar surface area (TPSA) is 87.7 Å². The maximum absolute atomic E-state index is 12.4. The highest BCUT2D eigenvalue weighted by molar-refractivity contribution is 6.08. The summed E-state index contributed by atoms with van der Waals surface area (Å²) in [6, 6.07) is 5.40. The number of carbonyl (C=O) groups excluding carboxylic acids is 1. The fraction of sp³-hybridized carbons (Fsp3) is 0.500. The van der Waals surface area contributed by atoms with E-state index in [2.05, 4.69) is 10.6 Å². The maximum Gasteiger partial charge on any atom is 0.319 e. The van der Waals surface area contributed by atoms with Gasteiger partial charge in [-0.05, 0) is 18.9 Å². The number of carbonyl (C=O) groups is 2. The highest BCUT2D eigenvalue weighted by Gasteiger charge is 2.42. The van der Waals surface area contributed by atoms with Gasteiger partial charge < -0.3 is 20.5 Å². The molecule has 0 fully saturated rings. The van der Waals surface area contributed by atoms with E-state index in [-0.39, 0.29) is 12.8 Å². The van der Waals surface area contributed by atoms with E-state index in [1.54, 1.807) is 26.0 Å². The molecule has 0 bridgehead atoms. The van der Waals surface area contributed by atoms with E-state index in [1.807, 2.05) is 6.07 Å². The molecule has 0 aromatic heterocycles. The van der Waals surface area contributed by atoms with Crippen LogP contribution in [0.3, 0.4) is 0 Å². The van der Waals surface area contributed by atoms with Crippen molar-refractivity contribution in [1.82, 2.24) is 5.32 Å². The van der Waals surface area contributed by atoms with Gasteiger partial charge in [0.05, 0.1) is 0 Å². The molecule has 0 saturated heterocycles. The minimum atomic E-state index is -1.39. The number of anilines is 1. The van der Waals surface area contributed by atoms with Crippen molar-refractivity contribution < 1.29 is 19.4 Å². The number of hydrogen-bond donors (Lipinski definition) is 3. The molecule has 0 spiro atoms. The SMILES string of the molecule is CCC(CC)(C(=O)O)C(=O)Nc1ccc2c(c1)OCCNC2. The van der Waals surface area contributed by atoms with Gasteiger partial charge in [-0.1, -0.05) is 19.9 Å². The summed E-state index contributed by atoms with van der Waals surface area (Å²) in [5.41, 5.74) is 0.180. The van der Waals surface area contributed by atoms with E-state index < -0.39 is 17.3 Å². The van der Waals surface area contributed by atoms with Crippen molar-refractivity contribution in [1.29, 1.82) is 0 Å². The number of aliphatic carboxylic acids is 1. The van der Waals surface area contributed by atoms with Crippen LogP contribution in [0.25, 0.3) is 0 Å². The quantitative estimate of drug-likeness (QED) is 0.724. The summed E-state index contributed by atoms with van der Waals surface area (Å²) < 4.78 is 5.63.